The molecular formula is C23H26F4N4O2. The third-order valence-electron chi connectivity index (χ3n) is 5.68. The van der Waals surface area contributed by atoms with Crippen LogP contribution in [0.4, 0.5) is 28.9 Å². The maximum absolute atomic E-state index is 14.0. The van der Waals surface area contributed by atoms with Crippen LogP contribution in [0.1, 0.15) is 12.5 Å². The van der Waals surface area contributed by atoms with Crippen LogP contribution in [0.25, 0.3) is 0 Å². The van der Waals surface area contributed by atoms with E-state index in [-0.39, 0.29) is 24.0 Å². The number of carbonyl (C=O) groups excluding carboxylic acids is 2. The lowest BCUT2D eigenvalue weighted by molar-refractivity contribution is -0.138. The summed E-state index contributed by atoms with van der Waals surface area (Å²) in [7, 11) is 1.43. The number of amides is 2. The van der Waals surface area contributed by atoms with Crippen LogP contribution in [-0.2, 0) is 15.8 Å². The molecule has 178 valence electrons. The largest absolute Gasteiger partial charge is 0.418 e. The summed E-state index contributed by atoms with van der Waals surface area (Å²) in [5, 5.41) is 2.24. The van der Waals surface area contributed by atoms with Crippen LogP contribution in [0.5, 0.6) is 0 Å². The standard InChI is InChI=1S/C23H26F4N4O2/c1-16(30-11-13-31(14-12-30)20-10-6-4-8-18(20)24)22(33)29(2)15-21(32)28-19-9-5-3-7-17(19)23(25,26)27/h3-10,16H,11-15H2,1-2H3,(H,28,32)/t16-/m1/s1. The normalized spacial score (nSPS) is 15.8. The molecule has 0 bridgehead atoms. The van der Waals surface area contributed by atoms with Crippen LogP contribution < -0.4 is 10.2 Å². The summed E-state index contributed by atoms with van der Waals surface area (Å²) in [6, 6.07) is 10.7. The number of anilines is 2. The number of halogens is 4. The second kappa shape index (κ2) is 10.2. The number of para-hydroxylation sites is 2. The number of alkyl halides is 3. The summed E-state index contributed by atoms with van der Waals surface area (Å²) in [6.07, 6.45) is -4.61. The Labute approximate surface area is 189 Å². The molecule has 0 aliphatic carbocycles. The van der Waals surface area contributed by atoms with Crippen molar-refractivity contribution in [3.05, 3.63) is 59.9 Å². The Morgan fingerprint density at radius 3 is 2.27 bits per heavy atom. The third-order valence-corrected chi connectivity index (χ3v) is 5.68. The molecule has 1 saturated heterocycles. The molecule has 1 N–H and O–H groups in total. The first kappa shape index (κ1) is 24.5. The summed E-state index contributed by atoms with van der Waals surface area (Å²) in [4.78, 5) is 30.2. The van der Waals surface area contributed by atoms with Crippen molar-refractivity contribution in [2.75, 3.05) is 50.0 Å². The van der Waals surface area contributed by atoms with Crippen molar-refractivity contribution < 1.29 is 27.2 Å². The second-order valence-corrected chi connectivity index (χ2v) is 7.94. The molecule has 0 radical (unpaired) electrons. The van der Waals surface area contributed by atoms with E-state index < -0.39 is 23.7 Å². The molecule has 1 heterocycles. The molecule has 0 spiro atoms. The first-order chi connectivity index (χ1) is 15.6. The summed E-state index contributed by atoms with van der Waals surface area (Å²) >= 11 is 0. The summed E-state index contributed by atoms with van der Waals surface area (Å²) in [5.74, 6) is -1.35. The van der Waals surface area contributed by atoms with E-state index in [2.05, 4.69) is 5.32 Å². The van der Waals surface area contributed by atoms with Crippen LogP contribution in [0.15, 0.2) is 48.5 Å². The van der Waals surface area contributed by atoms with E-state index in [0.29, 0.717) is 31.9 Å². The fraction of sp³-hybridized carbons (Fsp3) is 0.391. The van der Waals surface area contributed by atoms with Crippen molar-refractivity contribution in [2.24, 2.45) is 0 Å². The molecule has 0 saturated carbocycles. The minimum absolute atomic E-state index is 0.298. The van der Waals surface area contributed by atoms with E-state index in [9.17, 15) is 27.2 Å². The van der Waals surface area contributed by atoms with E-state index >= 15 is 0 Å². The van der Waals surface area contributed by atoms with E-state index in [0.717, 1.165) is 6.07 Å². The number of likely N-dealkylation sites (N-methyl/N-ethyl adjacent to an activating group) is 1. The lowest BCUT2D eigenvalue weighted by Gasteiger charge is -2.39. The number of benzene rings is 2. The molecule has 10 heteroatoms. The lowest BCUT2D eigenvalue weighted by Crippen LogP contribution is -2.54. The van der Waals surface area contributed by atoms with Crippen LogP contribution >= 0.6 is 0 Å². The van der Waals surface area contributed by atoms with Gasteiger partial charge in [0.2, 0.25) is 11.8 Å². The Kier molecular flexibility index (Phi) is 7.57. The van der Waals surface area contributed by atoms with Crippen molar-refractivity contribution in [1.82, 2.24) is 9.80 Å². The van der Waals surface area contributed by atoms with Crippen LogP contribution in [-0.4, -0.2) is 67.4 Å². The molecule has 2 amide bonds. The smallest absolute Gasteiger partial charge is 0.367 e. The highest BCUT2D eigenvalue weighted by Gasteiger charge is 2.34. The van der Waals surface area contributed by atoms with Crippen molar-refractivity contribution >= 4 is 23.2 Å². The Balaban J connectivity index is 1.54. The maximum atomic E-state index is 14.0. The number of nitrogens with zero attached hydrogens (tertiary/aromatic N) is 3. The predicted octanol–water partition coefficient (Wildman–Crippen LogP) is 3.45. The number of carbonyl (C=O) groups is 2. The molecule has 2 aromatic rings. The highest BCUT2D eigenvalue weighted by atomic mass is 19.4. The van der Waals surface area contributed by atoms with Gasteiger partial charge in [-0.3, -0.25) is 14.5 Å². The molecular weight excluding hydrogens is 440 g/mol. The van der Waals surface area contributed by atoms with Gasteiger partial charge in [0.15, 0.2) is 0 Å². The van der Waals surface area contributed by atoms with Gasteiger partial charge in [-0.15, -0.1) is 0 Å². The molecule has 1 atom stereocenters. The Morgan fingerprint density at radius 1 is 1.03 bits per heavy atom. The quantitative estimate of drug-likeness (QED) is 0.663. The first-order valence-corrected chi connectivity index (χ1v) is 10.5. The van der Waals surface area contributed by atoms with E-state index in [1.165, 1.54) is 36.2 Å². The second-order valence-electron chi connectivity index (χ2n) is 7.94. The molecule has 2 aromatic carbocycles. The SMILES string of the molecule is C[C@H](C(=O)N(C)CC(=O)Nc1ccccc1C(F)(F)F)N1CCN(c2ccccc2F)CC1. The minimum Gasteiger partial charge on any atom is -0.367 e. The van der Waals surface area contributed by atoms with Crippen LogP contribution in [0.3, 0.4) is 0 Å². The summed E-state index contributed by atoms with van der Waals surface area (Å²) in [5.41, 5.74) is -0.786. The number of piperazine rings is 1. The fourth-order valence-corrected chi connectivity index (χ4v) is 3.86. The average Bonchev–Trinajstić information content (AvgIpc) is 2.78. The van der Waals surface area contributed by atoms with Crippen molar-refractivity contribution in [3.8, 4) is 0 Å². The molecule has 0 unspecified atom stereocenters. The lowest BCUT2D eigenvalue weighted by atomic mass is 10.1. The van der Waals surface area contributed by atoms with Gasteiger partial charge >= 0.3 is 6.18 Å². The van der Waals surface area contributed by atoms with Crippen LogP contribution in [0.2, 0.25) is 0 Å². The summed E-state index contributed by atoms with van der Waals surface area (Å²) < 4.78 is 53.4. The van der Waals surface area contributed by atoms with E-state index in [1.807, 2.05) is 9.80 Å². The zero-order valence-corrected chi connectivity index (χ0v) is 18.4. The third kappa shape index (κ3) is 6.01. The molecule has 6 nitrogen and oxygen atoms in total. The van der Waals surface area contributed by atoms with Crippen molar-refractivity contribution in [2.45, 2.75) is 19.1 Å². The Hall–Kier alpha value is -3.14. The van der Waals surface area contributed by atoms with Gasteiger partial charge in [0.1, 0.15) is 5.82 Å². The van der Waals surface area contributed by atoms with Gasteiger partial charge in [-0.05, 0) is 31.2 Å². The molecule has 3 rings (SSSR count). The topological polar surface area (TPSA) is 55.9 Å². The number of hydrogen-bond donors (Lipinski definition) is 1. The van der Waals surface area contributed by atoms with Crippen LogP contribution in [0, 0.1) is 5.82 Å². The van der Waals surface area contributed by atoms with E-state index in [1.54, 1.807) is 25.1 Å². The van der Waals surface area contributed by atoms with Gasteiger partial charge in [0.05, 0.1) is 29.5 Å². The van der Waals surface area contributed by atoms with Crippen molar-refractivity contribution in [1.29, 1.82) is 0 Å². The fourth-order valence-electron chi connectivity index (χ4n) is 3.86. The average molecular weight is 466 g/mol. The Bertz CT molecular complexity index is 990. The van der Waals surface area contributed by atoms with Crippen molar-refractivity contribution in [3.63, 3.8) is 0 Å². The van der Waals surface area contributed by atoms with E-state index in [4.69, 9.17) is 0 Å². The highest BCUT2D eigenvalue weighted by molar-refractivity contribution is 5.95. The van der Waals surface area contributed by atoms with Gasteiger partial charge in [-0.1, -0.05) is 24.3 Å². The first-order valence-electron chi connectivity index (χ1n) is 10.5. The minimum atomic E-state index is -4.61. The molecule has 33 heavy (non-hydrogen) atoms. The maximum Gasteiger partial charge on any atom is 0.418 e. The van der Waals surface area contributed by atoms with Gasteiger partial charge in [-0.2, -0.15) is 13.2 Å². The van der Waals surface area contributed by atoms with Gasteiger partial charge in [0, 0.05) is 33.2 Å². The number of rotatable bonds is 6. The van der Waals surface area contributed by atoms with Gasteiger partial charge < -0.3 is 15.1 Å². The Morgan fingerprint density at radius 2 is 1.64 bits per heavy atom. The number of hydrogen-bond acceptors (Lipinski definition) is 4. The van der Waals surface area contributed by atoms with Gasteiger partial charge in [0.25, 0.3) is 0 Å². The molecule has 1 fully saturated rings. The highest BCUT2D eigenvalue weighted by Crippen LogP contribution is 2.34. The number of nitrogens with one attached hydrogen (secondary N) is 1. The summed E-state index contributed by atoms with van der Waals surface area (Å²) in [6.45, 7) is 3.47. The van der Waals surface area contributed by atoms with Gasteiger partial charge in [-0.25, -0.2) is 4.39 Å². The molecule has 0 aromatic heterocycles. The molecule has 1 aliphatic heterocycles. The zero-order valence-electron chi connectivity index (χ0n) is 18.4. The monoisotopic (exact) mass is 466 g/mol. The molecule has 1 aliphatic rings. The zero-order chi connectivity index (χ0) is 24.2. The predicted molar refractivity (Wildman–Crippen MR) is 117 cm³/mol.